The minimum absolute atomic E-state index is 0.406. The standard InChI is InChI=1S/C34H52Cl2N4O5/c1-5-18-39(22-15-26-11-13-28(35)30(24-26)43-3)20-8-7-17-38-33(41)34(42)45-32(37)10-9-21-40(19-6-2)23-16-27-12-14-29(36)31(25-27)44-4/h11-14,24-25,32H,5-10,15-23,37H2,1-4H3,(H,38,41). The molecule has 3 N–H and O–H groups in total. The van der Waals surface area contributed by atoms with Crippen LogP contribution in [0.25, 0.3) is 0 Å². The lowest BCUT2D eigenvalue weighted by molar-refractivity contribution is -0.159. The van der Waals surface area contributed by atoms with Gasteiger partial charge in [0.25, 0.3) is 0 Å². The molecule has 0 aromatic heterocycles. The van der Waals surface area contributed by atoms with Crippen LogP contribution in [0.3, 0.4) is 0 Å². The summed E-state index contributed by atoms with van der Waals surface area (Å²) in [6.07, 6.45) is 5.91. The summed E-state index contributed by atoms with van der Waals surface area (Å²) in [5.41, 5.74) is 8.36. The fourth-order valence-electron chi connectivity index (χ4n) is 5.10. The molecule has 0 saturated heterocycles. The van der Waals surface area contributed by atoms with E-state index in [-0.39, 0.29) is 0 Å². The van der Waals surface area contributed by atoms with Crippen LogP contribution in [0.2, 0.25) is 10.0 Å². The first-order chi connectivity index (χ1) is 21.7. The molecule has 0 saturated carbocycles. The molecule has 0 aliphatic rings. The van der Waals surface area contributed by atoms with Crippen molar-refractivity contribution in [2.75, 3.05) is 60.0 Å². The topological polar surface area (TPSA) is 106 Å². The van der Waals surface area contributed by atoms with Crippen LogP contribution in [0.15, 0.2) is 36.4 Å². The van der Waals surface area contributed by atoms with Crippen LogP contribution in [-0.4, -0.2) is 87.9 Å². The van der Waals surface area contributed by atoms with E-state index in [0.29, 0.717) is 34.5 Å². The number of carbonyl (C=O) groups excluding carboxylic acids is 2. The SMILES string of the molecule is CCCN(CCCCNC(=O)C(=O)OC(N)CCCN(CCC)CCc1ccc(Cl)c(OC)c1)CCc1ccc(Cl)c(OC)c1. The van der Waals surface area contributed by atoms with Crippen molar-refractivity contribution in [3.63, 3.8) is 0 Å². The molecule has 2 rings (SSSR count). The van der Waals surface area contributed by atoms with E-state index in [4.69, 9.17) is 43.1 Å². The van der Waals surface area contributed by atoms with Crippen LogP contribution < -0.4 is 20.5 Å². The van der Waals surface area contributed by atoms with Gasteiger partial charge in [0.15, 0.2) is 6.23 Å². The van der Waals surface area contributed by atoms with Crippen molar-refractivity contribution in [3.05, 3.63) is 57.6 Å². The third-order valence-corrected chi connectivity index (χ3v) is 8.16. The molecule has 0 aliphatic heterocycles. The molecule has 1 unspecified atom stereocenters. The quantitative estimate of drug-likeness (QED) is 0.0711. The summed E-state index contributed by atoms with van der Waals surface area (Å²) < 4.78 is 15.8. The van der Waals surface area contributed by atoms with Gasteiger partial charge < -0.3 is 29.3 Å². The number of unbranched alkanes of at least 4 members (excludes halogenated alkanes) is 1. The van der Waals surface area contributed by atoms with Crippen LogP contribution >= 0.6 is 23.2 Å². The first-order valence-corrected chi connectivity index (χ1v) is 16.8. The number of halogens is 2. The second-order valence-corrected chi connectivity index (χ2v) is 12.0. The Hall–Kier alpha value is -2.56. The van der Waals surface area contributed by atoms with Crippen LogP contribution in [0.5, 0.6) is 11.5 Å². The Balaban J connectivity index is 1.63. The lowest BCUT2D eigenvalue weighted by Crippen LogP contribution is -2.38. The third kappa shape index (κ3) is 15.1. The number of hydrogen-bond acceptors (Lipinski definition) is 8. The highest BCUT2D eigenvalue weighted by Gasteiger charge is 2.19. The van der Waals surface area contributed by atoms with Gasteiger partial charge in [-0.1, -0.05) is 49.2 Å². The predicted molar refractivity (Wildman–Crippen MR) is 182 cm³/mol. The molecule has 2 aromatic carbocycles. The summed E-state index contributed by atoms with van der Waals surface area (Å²) in [6.45, 7) is 10.2. The van der Waals surface area contributed by atoms with E-state index in [2.05, 4.69) is 29.0 Å². The van der Waals surface area contributed by atoms with Gasteiger partial charge in [-0.15, -0.1) is 0 Å². The molecule has 45 heavy (non-hydrogen) atoms. The summed E-state index contributed by atoms with van der Waals surface area (Å²) in [4.78, 5) is 29.3. The molecular formula is C34H52Cl2N4O5. The number of nitrogens with one attached hydrogen (secondary N) is 1. The highest BCUT2D eigenvalue weighted by Crippen LogP contribution is 2.26. The maximum Gasteiger partial charge on any atom is 0.398 e. The Morgan fingerprint density at radius 1 is 0.778 bits per heavy atom. The van der Waals surface area contributed by atoms with Crippen molar-refractivity contribution in [2.45, 2.75) is 71.4 Å². The zero-order valence-electron chi connectivity index (χ0n) is 27.4. The van der Waals surface area contributed by atoms with E-state index in [9.17, 15) is 9.59 Å². The average molecular weight is 668 g/mol. The smallest absolute Gasteiger partial charge is 0.398 e. The first kappa shape index (κ1) is 38.6. The lowest BCUT2D eigenvalue weighted by Gasteiger charge is -2.22. The van der Waals surface area contributed by atoms with Crippen molar-refractivity contribution < 1.29 is 23.8 Å². The molecule has 2 aromatic rings. The van der Waals surface area contributed by atoms with Crippen LogP contribution in [-0.2, 0) is 27.2 Å². The van der Waals surface area contributed by atoms with E-state index in [1.165, 1.54) is 5.56 Å². The number of ether oxygens (including phenoxy) is 3. The Morgan fingerprint density at radius 3 is 1.78 bits per heavy atom. The fourth-order valence-corrected chi connectivity index (χ4v) is 5.49. The molecule has 1 amide bonds. The Labute approximate surface area is 279 Å². The molecule has 1 atom stereocenters. The van der Waals surface area contributed by atoms with E-state index < -0.39 is 18.1 Å². The van der Waals surface area contributed by atoms with Gasteiger partial charge in [-0.3, -0.25) is 10.5 Å². The van der Waals surface area contributed by atoms with Crippen molar-refractivity contribution in [3.8, 4) is 11.5 Å². The van der Waals surface area contributed by atoms with Crippen LogP contribution in [0, 0.1) is 0 Å². The van der Waals surface area contributed by atoms with Gasteiger partial charge in [-0.2, -0.15) is 0 Å². The maximum absolute atomic E-state index is 12.3. The van der Waals surface area contributed by atoms with Gasteiger partial charge in [-0.25, -0.2) is 4.79 Å². The second-order valence-electron chi connectivity index (χ2n) is 11.2. The molecule has 252 valence electrons. The van der Waals surface area contributed by atoms with Crippen molar-refractivity contribution in [2.24, 2.45) is 5.73 Å². The molecule has 0 spiro atoms. The highest BCUT2D eigenvalue weighted by molar-refractivity contribution is 6.32. The Morgan fingerprint density at radius 2 is 1.29 bits per heavy atom. The number of amides is 1. The van der Waals surface area contributed by atoms with Gasteiger partial charge in [-0.05, 0) is 113 Å². The zero-order chi connectivity index (χ0) is 33.0. The molecule has 0 heterocycles. The molecule has 11 heteroatoms. The minimum atomic E-state index is -0.935. The van der Waals surface area contributed by atoms with Gasteiger partial charge in [0.2, 0.25) is 0 Å². The largest absolute Gasteiger partial charge is 0.495 e. The maximum atomic E-state index is 12.3. The van der Waals surface area contributed by atoms with E-state index in [1.807, 2.05) is 36.4 Å². The number of nitrogens with zero attached hydrogens (tertiary/aromatic N) is 2. The van der Waals surface area contributed by atoms with Crippen molar-refractivity contribution >= 4 is 35.1 Å². The summed E-state index contributed by atoms with van der Waals surface area (Å²) in [5.74, 6) is -0.322. The zero-order valence-corrected chi connectivity index (χ0v) is 28.9. The van der Waals surface area contributed by atoms with Crippen LogP contribution in [0.1, 0.15) is 63.5 Å². The molecular weight excluding hydrogens is 615 g/mol. The second kappa shape index (κ2) is 22.0. The normalized spacial score (nSPS) is 11.9. The van der Waals surface area contributed by atoms with Gasteiger partial charge in [0, 0.05) is 19.6 Å². The number of rotatable bonds is 22. The van der Waals surface area contributed by atoms with E-state index in [0.717, 1.165) is 89.8 Å². The van der Waals surface area contributed by atoms with Crippen molar-refractivity contribution in [1.29, 1.82) is 0 Å². The number of hydrogen-bond donors (Lipinski definition) is 2. The Kier molecular flexibility index (Phi) is 18.9. The monoisotopic (exact) mass is 666 g/mol. The number of esters is 1. The summed E-state index contributed by atoms with van der Waals surface area (Å²) >= 11 is 12.3. The molecule has 0 fully saturated rings. The fraction of sp³-hybridized carbons (Fsp3) is 0.588. The highest BCUT2D eigenvalue weighted by atomic mass is 35.5. The lowest BCUT2D eigenvalue weighted by atomic mass is 10.1. The summed E-state index contributed by atoms with van der Waals surface area (Å²) in [7, 11) is 3.23. The number of carbonyl (C=O) groups is 2. The minimum Gasteiger partial charge on any atom is -0.495 e. The number of nitrogens with two attached hydrogens (primary N) is 1. The average Bonchev–Trinajstić information content (AvgIpc) is 3.03. The molecule has 0 bridgehead atoms. The first-order valence-electron chi connectivity index (χ1n) is 16.0. The molecule has 0 aliphatic carbocycles. The molecule has 0 radical (unpaired) electrons. The van der Waals surface area contributed by atoms with Gasteiger partial charge in [0.05, 0.1) is 24.3 Å². The van der Waals surface area contributed by atoms with E-state index >= 15 is 0 Å². The van der Waals surface area contributed by atoms with Crippen molar-refractivity contribution in [1.82, 2.24) is 15.1 Å². The number of methoxy groups -OCH3 is 2. The van der Waals surface area contributed by atoms with Gasteiger partial charge >= 0.3 is 11.9 Å². The molecule has 9 nitrogen and oxygen atoms in total. The summed E-state index contributed by atoms with van der Waals surface area (Å²) in [6, 6.07) is 11.7. The Bertz CT molecular complexity index is 1170. The summed E-state index contributed by atoms with van der Waals surface area (Å²) in [5, 5.41) is 3.87. The van der Waals surface area contributed by atoms with Gasteiger partial charge in [0.1, 0.15) is 11.5 Å². The number of benzene rings is 2. The van der Waals surface area contributed by atoms with Crippen LogP contribution in [0.4, 0.5) is 0 Å². The third-order valence-electron chi connectivity index (χ3n) is 7.54. The predicted octanol–water partition coefficient (Wildman–Crippen LogP) is 5.72. The van der Waals surface area contributed by atoms with E-state index in [1.54, 1.807) is 14.2 Å².